The molecule has 0 aromatic heterocycles. The first kappa shape index (κ1) is 15.3. The second-order valence-electron chi connectivity index (χ2n) is 5.18. The quantitative estimate of drug-likeness (QED) is 0.912. The van der Waals surface area contributed by atoms with Crippen LogP contribution in [-0.4, -0.2) is 46.0 Å². The Morgan fingerprint density at radius 3 is 2.75 bits per heavy atom. The lowest BCUT2D eigenvalue weighted by atomic mass is 10.1. The molecule has 1 saturated heterocycles. The lowest BCUT2D eigenvalue weighted by Gasteiger charge is -2.31. The lowest BCUT2D eigenvalue weighted by molar-refractivity contribution is 0.298. The molecule has 1 aliphatic rings. The molecule has 2 rings (SSSR count). The van der Waals surface area contributed by atoms with Gasteiger partial charge in [-0.1, -0.05) is 6.07 Å². The number of methoxy groups -OCH3 is 1. The molecule has 1 N–H and O–H groups in total. The van der Waals surface area contributed by atoms with Crippen molar-refractivity contribution in [2.75, 3.05) is 27.2 Å². The summed E-state index contributed by atoms with van der Waals surface area (Å²) in [5.41, 5.74) is 0.902. The minimum atomic E-state index is -3.54. The molecule has 20 heavy (non-hydrogen) atoms. The number of ether oxygens (including phenoxy) is 1. The van der Waals surface area contributed by atoms with E-state index < -0.39 is 10.0 Å². The highest BCUT2D eigenvalue weighted by atomic mass is 32.2. The van der Waals surface area contributed by atoms with E-state index in [-0.39, 0.29) is 10.9 Å². The first-order valence-electron chi connectivity index (χ1n) is 6.80. The van der Waals surface area contributed by atoms with Crippen LogP contribution in [0, 0.1) is 6.92 Å². The number of hydrogen-bond donors (Lipinski definition) is 1. The monoisotopic (exact) mass is 298 g/mol. The number of aryl methyl sites for hydroxylation is 1. The Balaban J connectivity index is 2.36. The molecule has 1 unspecified atom stereocenters. The first-order valence-corrected chi connectivity index (χ1v) is 8.24. The van der Waals surface area contributed by atoms with E-state index in [9.17, 15) is 8.42 Å². The number of nitrogens with zero attached hydrogens (tertiary/aromatic N) is 1. The number of likely N-dealkylation sites (N-methyl/N-ethyl adjacent to an activating group) is 1. The Morgan fingerprint density at radius 1 is 1.40 bits per heavy atom. The van der Waals surface area contributed by atoms with Gasteiger partial charge in [0, 0.05) is 19.6 Å². The summed E-state index contributed by atoms with van der Waals surface area (Å²) in [6.45, 7) is 3.53. The largest absolute Gasteiger partial charge is 0.495 e. The van der Waals surface area contributed by atoms with Crippen LogP contribution in [0.2, 0.25) is 0 Å². The summed E-state index contributed by atoms with van der Waals surface area (Å²) < 4.78 is 32.2. The van der Waals surface area contributed by atoms with Crippen molar-refractivity contribution in [3.05, 3.63) is 23.8 Å². The van der Waals surface area contributed by atoms with Crippen LogP contribution in [0.5, 0.6) is 5.75 Å². The molecule has 1 fully saturated rings. The fourth-order valence-corrected chi connectivity index (χ4v) is 4.10. The second kappa shape index (κ2) is 6.11. The molecule has 0 amide bonds. The molecule has 1 aromatic rings. The van der Waals surface area contributed by atoms with Crippen molar-refractivity contribution < 1.29 is 13.2 Å². The van der Waals surface area contributed by atoms with Crippen molar-refractivity contribution in [1.82, 2.24) is 9.62 Å². The third kappa shape index (κ3) is 2.97. The van der Waals surface area contributed by atoms with Crippen molar-refractivity contribution in [2.24, 2.45) is 0 Å². The summed E-state index contributed by atoms with van der Waals surface area (Å²) in [5, 5.41) is 3.24. The fraction of sp³-hybridized carbons (Fsp3) is 0.571. The summed E-state index contributed by atoms with van der Waals surface area (Å²) in [6, 6.07) is 5.22. The normalized spacial score (nSPS) is 20.1. The van der Waals surface area contributed by atoms with Gasteiger partial charge in [-0.05, 0) is 44.0 Å². The van der Waals surface area contributed by atoms with E-state index in [0.29, 0.717) is 12.3 Å². The highest BCUT2D eigenvalue weighted by molar-refractivity contribution is 7.89. The van der Waals surface area contributed by atoms with Gasteiger partial charge in [0.05, 0.1) is 7.11 Å². The van der Waals surface area contributed by atoms with Crippen molar-refractivity contribution in [2.45, 2.75) is 30.7 Å². The molecule has 5 nitrogen and oxygen atoms in total. The minimum Gasteiger partial charge on any atom is -0.495 e. The third-order valence-corrected chi connectivity index (χ3v) is 5.69. The van der Waals surface area contributed by atoms with Gasteiger partial charge < -0.3 is 10.1 Å². The molecule has 0 saturated carbocycles. The van der Waals surface area contributed by atoms with Crippen LogP contribution in [0.15, 0.2) is 23.1 Å². The molecule has 1 heterocycles. The molecule has 0 aliphatic carbocycles. The van der Waals surface area contributed by atoms with Crippen LogP contribution in [-0.2, 0) is 10.0 Å². The Bertz CT molecular complexity index is 566. The zero-order chi connectivity index (χ0) is 14.8. The number of nitrogens with one attached hydrogen (secondary N) is 1. The molecular weight excluding hydrogens is 276 g/mol. The van der Waals surface area contributed by atoms with E-state index in [0.717, 1.165) is 24.9 Å². The van der Waals surface area contributed by atoms with Gasteiger partial charge in [0.1, 0.15) is 10.6 Å². The zero-order valence-corrected chi connectivity index (χ0v) is 13.0. The SMILES string of the molecule is COc1ccc(C)cc1S(=O)(=O)N(C)C1CCCNC1. The average molecular weight is 298 g/mol. The maximum absolute atomic E-state index is 12.8. The molecule has 0 radical (unpaired) electrons. The maximum Gasteiger partial charge on any atom is 0.246 e. The number of benzene rings is 1. The molecule has 1 aliphatic heterocycles. The van der Waals surface area contributed by atoms with Crippen LogP contribution in [0.3, 0.4) is 0 Å². The van der Waals surface area contributed by atoms with Gasteiger partial charge >= 0.3 is 0 Å². The van der Waals surface area contributed by atoms with E-state index in [1.165, 1.54) is 11.4 Å². The fourth-order valence-electron chi connectivity index (χ4n) is 2.48. The molecule has 0 bridgehead atoms. The third-order valence-electron chi connectivity index (χ3n) is 3.76. The van der Waals surface area contributed by atoms with Gasteiger partial charge in [-0.15, -0.1) is 0 Å². The summed E-state index contributed by atoms with van der Waals surface area (Å²) in [4.78, 5) is 0.244. The van der Waals surface area contributed by atoms with Crippen molar-refractivity contribution in [3.8, 4) is 5.75 Å². The Morgan fingerprint density at radius 2 is 2.15 bits per heavy atom. The van der Waals surface area contributed by atoms with Crippen LogP contribution in [0.4, 0.5) is 0 Å². The van der Waals surface area contributed by atoms with Crippen LogP contribution in [0.25, 0.3) is 0 Å². The average Bonchev–Trinajstić information content (AvgIpc) is 2.47. The first-order chi connectivity index (χ1) is 9.46. The van der Waals surface area contributed by atoms with Gasteiger partial charge in [-0.25, -0.2) is 8.42 Å². The molecule has 0 spiro atoms. The van der Waals surface area contributed by atoms with Gasteiger partial charge in [-0.3, -0.25) is 0 Å². The van der Waals surface area contributed by atoms with E-state index >= 15 is 0 Å². The Kier molecular flexibility index (Phi) is 4.67. The minimum absolute atomic E-state index is 0.000955. The Hall–Kier alpha value is -1.11. The zero-order valence-electron chi connectivity index (χ0n) is 12.2. The van der Waals surface area contributed by atoms with Gasteiger partial charge in [-0.2, -0.15) is 4.31 Å². The molecule has 1 atom stereocenters. The van der Waals surface area contributed by atoms with Crippen LogP contribution < -0.4 is 10.1 Å². The standard InChI is InChI=1S/C14H22N2O3S/c1-11-6-7-13(19-3)14(9-11)20(17,18)16(2)12-5-4-8-15-10-12/h6-7,9,12,15H,4-5,8,10H2,1-3H3. The summed E-state index contributed by atoms with van der Waals surface area (Å²) >= 11 is 0. The van der Waals surface area contributed by atoms with Gasteiger partial charge in [0.25, 0.3) is 0 Å². The number of rotatable bonds is 4. The second-order valence-corrected chi connectivity index (χ2v) is 7.14. The van der Waals surface area contributed by atoms with Crippen molar-refractivity contribution >= 4 is 10.0 Å². The topological polar surface area (TPSA) is 58.6 Å². The van der Waals surface area contributed by atoms with Crippen molar-refractivity contribution in [3.63, 3.8) is 0 Å². The molecular formula is C14H22N2O3S. The molecule has 6 heteroatoms. The van der Waals surface area contributed by atoms with E-state index in [2.05, 4.69) is 5.32 Å². The summed E-state index contributed by atoms with van der Waals surface area (Å²) in [7, 11) is -0.396. The Labute approximate surface area is 121 Å². The van der Waals surface area contributed by atoms with E-state index in [4.69, 9.17) is 4.74 Å². The highest BCUT2D eigenvalue weighted by Gasteiger charge is 2.31. The summed E-state index contributed by atoms with van der Waals surface area (Å²) in [5.74, 6) is 0.395. The number of sulfonamides is 1. The summed E-state index contributed by atoms with van der Waals surface area (Å²) in [6.07, 6.45) is 1.88. The van der Waals surface area contributed by atoms with Crippen LogP contribution >= 0.6 is 0 Å². The lowest BCUT2D eigenvalue weighted by Crippen LogP contribution is -2.46. The smallest absolute Gasteiger partial charge is 0.246 e. The van der Waals surface area contributed by atoms with Gasteiger partial charge in [0.2, 0.25) is 10.0 Å². The maximum atomic E-state index is 12.8. The van der Waals surface area contributed by atoms with E-state index in [1.54, 1.807) is 19.2 Å². The predicted octanol–water partition coefficient (Wildman–Crippen LogP) is 1.38. The van der Waals surface area contributed by atoms with E-state index in [1.807, 2.05) is 13.0 Å². The van der Waals surface area contributed by atoms with Gasteiger partial charge in [0.15, 0.2) is 0 Å². The number of hydrogen-bond acceptors (Lipinski definition) is 4. The molecule has 1 aromatic carbocycles. The molecule has 112 valence electrons. The number of piperidine rings is 1. The van der Waals surface area contributed by atoms with Crippen molar-refractivity contribution in [1.29, 1.82) is 0 Å². The van der Waals surface area contributed by atoms with Crippen LogP contribution in [0.1, 0.15) is 18.4 Å². The predicted molar refractivity (Wildman–Crippen MR) is 78.6 cm³/mol. The highest BCUT2D eigenvalue weighted by Crippen LogP contribution is 2.28.